The highest BCUT2D eigenvalue weighted by molar-refractivity contribution is 7.94. The van der Waals surface area contributed by atoms with Gasteiger partial charge in [0.05, 0.1) is 19.1 Å². The first-order chi connectivity index (χ1) is 21.6. The second-order valence-electron chi connectivity index (χ2n) is 11.5. The van der Waals surface area contributed by atoms with Crippen molar-refractivity contribution in [2.75, 3.05) is 31.5 Å². The molecule has 3 atom stereocenters. The number of likely N-dealkylation sites (N-methyl/N-ethyl adjacent to an activating group) is 1. The Hall–Kier alpha value is -3.90. The summed E-state index contributed by atoms with van der Waals surface area (Å²) in [5.41, 5.74) is 2.04. The molecular formula is C34H39N3O6S2. The molecule has 0 radical (unpaired) electrons. The Bertz CT molecular complexity index is 1660. The van der Waals surface area contributed by atoms with Gasteiger partial charge in [0.25, 0.3) is 10.0 Å². The molecule has 5 rings (SSSR count). The fourth-order valence-corrected chi connectivity index (χ4v) is 7.35. The number of amides is 1. The smallest absolute Gasteiger partial charge is 0.271 e. The van der Waals surface area contributed by atoms with Gasteiger partial charge in [-0.3, -0.25) is 14.4 Å². The topological polar surface area (TPSA) is 108 Å². The van der Waals surface area contributed by atoms with Crippen LogP contribution in [0, 0.1) is 5.92 Å². The highest BCUT2D eigenvalue weighted by atomic mass is 32.2. The molecule has 0 aliphatic carbocycles. The number of sulfonamides is 1. The van der Waals surface area contributed by atoms with E-state index in [1.165, 1.54) is 0 Å². The molecule has 0 bridgehead atoms. The molecule has 238 valence electrons. The Morgan fingerprint density at radius 3 is 2.49 bits per heavy atom. The molecule has 1 aliphatic heterocycles. The summed E-state index contributed by atoms with van der Waals surface area (Å²) in [4.78, 5) is 17.4. The average Bonchev–Trinajstić information content (AvgIpc) is 3.58. The highest BCUT2D eigenvalue weighted by Crippen LogP contribution is 2.31. The van der Waals surface area contributed by atoms with Crippen LogP contribution in [0.15, 0.2) is 94.5 Å². The molecule has 1 amide bonds. The lowest BCUT2D eigenvalue weighted by molar-refractivity contribution is -0.134. The second-order valence-corrected chi connectivity index (χ2v) is 14.4. The molecule has 0 spiro atoms. The molecule has 2 N–H and O–H groups in total. The van der Waals surface area contributed by atoms with Crippen LogP contribution in [0.2, 0.25) is 0 Å². The summed E-state index contributed by atoms with van der Waals surface area (Å²) in [6.07, 6.45) is -0.275. The average molecular weight is 650 g/mol. The van der Waals surface area contributed by atoms with E-state index in [0.717, 1.165) is 28.4 Å². The van der Waals surface area contributed by atoms with E-state index in [-0.39, 0.29) is 41.2 Å². The van der Waals surface area contributed by atoms with Gasteiger partial charge < -0.3 is 19.5 Å². The minimum absolute atomic E-state index is 0.0148. The van der Waals surface area contributed by atoms with Crippen molar-refractivity contribution in [3.63, 3.8) is 0 Å². The minimum Gasteiger partial charge on any atom is -0.488 e. The van der Waals surface area contributed by atoms with Crippen LogP contribution in [0.4, 0.5) is 5.69 Å². The predicted octanol–water partition coefficient (Wildman–Crippen LogP) is 5.62. The Morgan fingerprint density at radius 1 is 1.07 bits per heavy atom. The number of ether oxygens (including phenoxy) is 2. The van der Waals surface area contributed by atoms with Crippen LogP contribution in [-0.2, 0) is 27.8 Å². The fraction of sp³-hybridized carbons (Fsp3) is 0.324. The molecule has 9 nitrogen and oxygen atoms in total. The zero-order valence-electron chi connectivity index (χ0n) is 25.6. The molecule has 1 aromatic heterocycles. The van der Waals surface area contributed by atoms with E-state index in [1.54, 1.807) is 40.6 Å². The number of carbonyl (C=O) groups is 1. The van der Waals surface area contributed by atoms with E-state index in [1.807, 2.05) is 75.5 Å². The van der Waals surface area contributed by atoms with Crippen molar-refractivity contribution in [3.05, 3.63) is 101 Å². The lowest BCUT2D eigenvalue weighted by Crippen LogP contribution is -2.47. The van der Waals surface area contributed by atoms with E-state index in [4.69, 9.17) is 9.47 Å². The second kappa shape index (κ2) is 14.5. The summed E-state index contributed by atoms with van der Waals surface area (Å²) in [5.74, 6) is 1.86. The van der Waals surface area contributed by atoms with Gasteiger partial charge in [0.15, 0.2) is 0 Å². The lowest BCUT2D eigenvalue weighted by Gasteiger charge is -2.34. The number of aliphatic hydroxyl groups excluding tert-OH is 1. The summed E-state index contributed by atoms with van der Waals surface area (Å²) in [6.45, 7) is 5.36. The van der Waals surface area contributed by atoms with Gasteiger partial charge in [0, 0.05) is 36.8 Å². The highest BCUT2D eigenvalue weighted by Gasteiger charge is 2.31. The van der Waals surface area contributed by atoms with Crippen molar-refractivity contribution in [1.29, 1.82) is 0 Å². The summed E-state index contributed by atoms with van der Waals surface area (Å²) in [5, 5.41) is 11.6. The van der Waals surface area contributed by atoms with E-state index in [9.17, 15) is 18.3 Å². The number of benzene rings is 3. The van der Waals surface area contributed by atoms with Gasteiger partial charge in [0.1, 0.15) is 27.6 Å². The largest absolute Gasteiger partial charge is 0.488 e. The quantitative estimate of drug-likeness (QED) is 0.217. The predicted molar refractivity (Wildman–Crippen MR) is 176 cm³/mol. The Balaban J connectivity index is 1.34. The van der Waals surface area contributed by atoms with Crippen LogP contribution in [0.25, 0.3) is 0 Å². The van der Waals surface area contributed by atoms with Crippen molar-refractivity contribution < 1.29 is 27.8 Å². The number of aliphatic hydroxyl groups is 1. The van der Waals surface area contributed by atoms with E-state index < -0.39 is 10.0 Å². The SMILES string of the molecule is C[C@@H]1CN([C@@H](C)CO)C(=O)Cc2cc(NS(=O)(=O)c3cccs3)ccc2O[C@@H]1CN(C)Cc1ccc(Oc2ccccc2)cc1. The molecule has 0 saturated carbocycles. The number of thiophene rings is 1. The summed E-state index contributed by atoms with van der Waals surface area (Å²) in [7, 11) is -1.73. The number of rotatable bonds is 11. The van der Waals surface area contributed by atoms with Crippen molar-refractivity contribution in [1.82, 2.24) is 9.80 Å². The molecule has 0 saturated heterocycles. The lowest BCUT2D eigenvalue weighted by atomic mass is 10.0. The first-order valence-electron chi connectivity index (χ1n) is 14.9. The number of fused-ring (bicyclic) bond motifs is 1. The van der Waals surface area contributed by atoms with Crippen molar-refractivity contribution >= 4 is 33.0 Å². The Morgan fingerprint density at radius 2 is 1.80 bits per heavy atom. The number of hydrogen-bond acceptors (Lipinski definition) is 8. The van der Waals surface area contributed by atoms with Crippen molar-refractivity contribution in [3.8, 4) is 17.2 Å². The standard InChI is InChI=1S/C34H39N3O6S2/c1-24-20-37(25(2)23-38)33(39)19-27-18-28(35-45(40,41)34-10-7-17-44-34)13-16-31(27)43-32(24)22-36(3)21-26-11-14-30(15-12-26)42-29-8-5-4-6-9-29/h4-18,24-25,32,35,38H,19-23H2,1-3H3/t24-,25+,32-/m1/s1. The number of nitrogens with one attached hydrogen (secondary N) is 1. The van der Waals surface area contributed by atoms with Gasteiger partial charge in [0.2, 0.25) is 5.91 Å². The molecule has 2 heterocycles. The van der Waals surface area contributed by atoms with Gasteiger partial charge in [-0.25, -0.2) is 8.42 Å². The zero-order valence-corrected chi connectivity index (χ0v) is 27.3. The molecule has 1 aliphatic rings. The van der Waals surface area contributed by atoms with Gasteiger partial charge in [-0.1, -0.05) is 43.3 Å². The molecule has 11 heteroatoms. The van der Waals surface area contributed by atoms with Crippen LogP contribution >= 0.6 is 11.3 Å². The van der Waals surface area contributed by atoms with E-state index in [2.05, 4.69) is 9.62 Å². The fourth-order valence-electron chi connectivity index (χ4n) is 5.30. The van der Waals surface area contributed by atoms with Gasteiger partial charge >= 0.3 is 0 Å². The maximum atomic E-state index is 13.5. The molecule has 4 aromatic rings. The van der Waals surface area contributed by atoms with Crippen LogP contribution in [-0.4, -0.2) is 68.1 Å². The van der Waals surface area contributed by atoms with Crippen LogP contribution in [0.5, 0.6) is 17.2 Å². The third kappa shape index (κ3) is 8.43. The number of hydrogen-bond donors (Lipinski definition) is 2. The Kier molecular flexibility index (Phi) is 10.4. The molecule has 45 heavy (non-hydrogen) atoms. The third-order valence-corrected chi connectivity index (χ3v) is 10.6. The van der Waals surface area contributed by atoms with Crippen molar-refractivity contribution in [2.45, 2.75) is 43.2 Å². The zero-order chi connectivity index (χ0) is 32.0. The van der Waals surface area contributed by atoms with Crippen LogP contribution in [0.1, 0.15) is 25.0 Å². The summed E-state index contributed by atoms with van der Waals surface area (Å²) < 4.78 is 41.1. The number of anilines is 1. The number of carbonyl (C=O) groups excluding carboxylic acids is 1. The first-order valence-corrected chi connectivity index (χ1v) is 17.2. The molecular weight excluding hydrogens is 611 g/mol. The van der Waals surface area contributed by atoms with Crippen molar-refractivity contribution in [2.24, 2.45) is 5.92 Å². The number of para-hydroxylation sites is 1. The monoisotopic (exact) mass is 649 g/mol. The van der Waals surface area contributed by atoms with E-state index in [0.29, 0.717) is 36.6 Å². The van der Waals surface area contributed by atoms with E-state index >= 15 is 0 Å². The van der Waals surface area contributed by atoms with Crippen LogP contribution in [0.3, 0.4) is 0 Å². The summed E-state index contributed by atoms with van der Waals surface area (Å²) >= 11 is 1.13. The maximum Gasteiger partial charge on any atom is 0.271 e. The molecule has 3 aromatic carbocycles. The first kappa shape index (κ1) is 32.5. The van der Waals surface area contributed by atoms with Gasteiger partial charge in [-0.2, -0.15) is 0 Å². The minimum atomic E-state index is -3.76. The Labute approximate surface area is 269 Å². The third-order valence-electron chi connectivity index (χ3n) is 7.78. The van der Waals surface area contributed by atoms with Crippen LogP contribution < -0.4 is 14.2 Å². The van der Waals surface area contributed by atoms with Gasteiger partial charge in [-0.15, -0.1) is 11.3 Å². The normalized spacial score (nSPS) is 17.9. The summed E-state index contributed by atoms with van der Waals surface area (Å²) in [6, 6.07) is 25.5. The molecule has 0 unspecified atom stereocenters. The maximum absolute atomic E-state index is 13.5. The molecule has 0 fully saturated rings. The van der Waals surface area contributed by atoms with Gasteiger partial charge in [-0.05, 0) is 73.4 Å². The number of nitrogens with zero attached hydrogens (tertiary/aromatic N) is 2.